The highest BCUT2D eigenvalue weighted by molar-refractivity contribution is 9.10. The van der Waals surface area contributed by atoms with Crippen LogP contribution in [0.15, 0.2) is 20.8 Å². The largest absolute Gasteiger partial charge is 0.465 e. The van der Waals surface area contributed by atoms with Crippen molar-refractivity contribution in [2.45, 2.75) is 6.92 Å². The molecule has 5 nitrogen and oxygen atoms in total. The molecule has 0 atom stereocenters. The third kappa shape index (κ3) is 3.50. The number of amides is 2. The number of hydrogen-bond acceptors (Lipinski definition) is 6. The molecule has 1 aromatic rings. The molecule has 2 rings (SSSR count). The number of hydrogen-bond donors (Lipinski definition) is 0. The van der Waals surface area contributed by atoms with Crippen LogP contribution in [0.2, 0.25) is 0 Å². The Morgan fingerprint density at radius 1 is 1.50 bits per heavy atom. The second-order valence-corrected chi connectivity index (χ2v) is 6.59. The minimum absolute atomic E-state index is 0.216. The molecular weight excluding hydrogens is 366 g/mol. The van der Waals surface area contributed by atoms with E-state index in [1.54, 1.807) is 13.0 Å². The zero-order valence-corrected chi connectivity index (χ0v) is 13.6. The van der Waals surface area contributed by atoms with Gasteiger partial charge >= 0.3 is 5.97 Å². The first-order valence-electron chi connectivity index (χ1n) is 5.66. The van der Waals surface area contributed by atoms with Gasteiger partial charge in [0.25, 0.3) is 11.1 Å². The van der Waals surface area contributed by atoms with Crippen LogP contribution in [0.25, 0.3) is 6.08 Å². The number of rotatable bonds is 4. The van der Waals surface area contributed by atoms with Crippen molar-refractivity contribution in [2.75, 3.05) is 13.2 Å². The average molecular weight is 376 g/mol. The van der Waals surface area contributed by atoms with Crippen LogP contribution in [-0.4, -0.2) is 35.2 Å². The number of carbonyl (C=O) groups excluding carboxylic acids is 3. The van der Waals surface area contributed by atoms with E-state index in [-0.39, 0.29) is 13.2 Å². The molecule has 1 saturated heterocycles. The van der Waals surface area contributed by atoms with Crippen molar-refractivity contribution in [1.29, 1.82) is 0 Å². The number of nitrogens with zero attached hydrogens (tertiary/aromatic N) is 1. The molecule has 0 saturated carbocycles. The summed E-state index contributed by atoms with van der Waals surface area (Å²) >= 11 is 5.60. The number of ether oxygens (including phenoxy) is 1. The maximum Gasteiger partial charge on any atom is 0.326 e. The zero-order valence-electron chi connectivity index (χ0n) is 10.4. The summed E-state index contributed by atoms with van der Waals surface area (Å²) < 4.78 is 5.66. The van der Waals surface area contributed by atoms with E-state index < -0.39 is 17.1 Å². The summed E-state index contributed by atoms with van der Waals surface area (Å²) in [6.07, 6.45) is 1.64. The molecule has 20 heavy (non-hydrogen) atoms. The van der Waals surface area contributed by atoms with E-state index in [1.165, 1.54) is 11.3 Å². The molecule has 0 radical (unpaired) electrons. The summed E-state index contributed by atoms with van der Waals surface area (Å²) in [6, 6.07) is 1.85. The highest BCUT2D eigenvalue weighted by Gasteiger charge is 2.36. The van der Waals surface area contributed by atoms with Gasteiger partial charge in [0.1, 0.15) is 6.54 Å². The molecule has 1 aromatic heterocycles. The Balaban J connectivity index is 2.12. The third-order valence-electron chi connectivity index (χ3n) is 2.33. The fourth-order valence-electron chi connectivity index (χ4n) is 1.51. The summed E-state index contributed by atoms with van der Waals surface area (Å²) in [5, 5.41) is 1.43. The van der Waals surface area contributed by atoms with Crippen LogP contribution in [0.3, 0.4) is 0 Å². The number of thioether (sulfide) groups is 1. The van der Waals surface area contributed by atoms with Gasteiger partial charge in [-0.25, -0.2) is 0 Å². The van der Waals surface area contributed by atoms with Gasteiger partial charge in [-0.1, -0.05) is 0 Å². The van der Waals surface area contributed by atoms with Gasteiger partial charge in [-0.2, -0.15) is 0 Å². The van der Waals surface area contributed by atoms with Gasteiger partial charge in [-0.15, -0.1) is 11.3 Å². The lowest BCUT2D eigenvalue weighted by molar-refractivity contribution is -0.145. The summed E-state index contributed by atoms with van der Waals surface area (Å²) in [5.41, 5.74) is 0. The van der Waals surface area contributed by atoms with Crippen molar-refractivity contribution in [2.24, 2.45) is 0 Å². The molecule has 1 aliphatic rings. The normalized spacial score (nSPS) is 17.1. The van der Waals surface area contributed by atoms with Gasteiger partial charge in [0, 0.05) is 14.7 Å². The number of esters is 1. The molecule has 2 amide bonds. The second kappa shape index (κ2) is 6.55. The molecule has 0 bridgehead atoms. The van der Waals surface area contributed by atoms with E-state index in [1.807, 2.05) is 11.4 Å². The fourth-order valence-corrected chi connectivity index (χ4v) is 3.79. The Bertz CT molecular complexity index is 596. The minimum atomic E-state index is -0.588. The molecular formula is C12H10BrNO4S2. The lowest BCUT2D eigenvalue weighted by Crippen LogP contribution is -2.34. The zero-order chi connectivity index (χ0) is 14.7. The minimum Gasteiger partial charge on any atom is -0.465 e. The standard InChI is InChI=1S/C12H10BrNO4S2/c1-2-18-10(15)5-14-11(16)9(20-12(14)17)4-8-3-7(13)6-19-8/h3-4,6H,2,5H2,1H3/b9-4+. The fraction of sp³-hybridized carbons (Fsp3) is 0.250. The van der Waals surface area contributed by atoms with Crippen LogP contribution >= 0.6 is 39.0 Å². The van der Waals surface area contributed by atoms with Crippen molar-refractivity contribution in [3.8, 4) is 0 Å². The Morgan fingerprint density at radius 2 is 2.25 bits per heavy atom. The molecule has 0 aromatic carbocycles. The molecule has 1 fully saturated rings. The van der Waals surface area contributed by atoms with Gasteiger partial charge in [0.05, 0.1) is 11.5 Å². The molecule has 0 aliphatic carbocycles. The lowest BCUT2D eigenvalue weighted by atomic mass is 10.3. The summed E-state index contributed by atoms with van der Waals surface area (Å²) in [5.74, 6) is -1.05. The lowest BCUT2D eigenvalue weighted by Gasteiger charge is -2.10. The highest BCUT2D eigenvalue weighted by atomic mass is 79.9. The SMILES string of the molecule is CCOC(=O)CN1C(=O)S/C(=C/c2cc(Br)cs2)C1=O. The maximum atomic E-state index is 12.1. The van der Waals surface area contributed by atoms with Crippen molar-refractivity contribution in [1.82, 2.24) is 4.90 Å². The predicted octanol–water partition coefficient (Wildman–Crippen LogP) is 3.11. The smallest absolute Gasteiger partial charge is 0.326 e. The molecule has 2 heterocycles. The van der Waals surface area contributed by atoms with Gasteiger partial charge in [0.15, 0.2) is 0 Å². The molecule has 8 heteroatoms. The van der Waals surface area contributed by atoms with Crippen molar-refractivity contribution in [3.05, 3.63) is 25.7 Å². The number of carbonyl (C=O) groups is 3. The molecule has 1 aliphatic heterocycles. The Morgan fingerprint density at radius 3 is 2.85 bits per heavy atom. The van der Waals surface area contributed by atoms with Crippen LogP contribution in [0.1, 0.15) is 11.8 Å². The first kappa shape index (κ1) is 15.3. The van der Waals surface area contributed by atoms with Crippen LogP contribution < -0.4 is 0 Å². The molecule has 0 spiro atoms. The van der Waals surface area contributed by atoms with E-state index in [4.69, 9.17) is 4.74 Å². The second-order valence-electron chi connectivity index (χ2n) is 3.74. The van der Waals surface area contributed by atoms with Crippen LogP contribution in [-0.2, 0) is 14.3 Å². The highest BCUT2D eigenvalue weighted by Crippen LogP contribution is 2.33. The maximum absolute atomic E-state index is 12.1. The van der Waals surface area contributed by atoms with Crippen molar-refractivity contribution in [3.63, 3.8) is 0 Å². The monoisotopic (exact) mass is 375 g/mol. The first-order chi connectivity index (χ1) is 9.51. The quantitative estimate of drug-likeness (QED) is 0.597. The van der Waals surface area contributed by atoms with E-state index in [9.17, 15) is 14.4 Å². The topological polar surface area (TPSA) is 63.7 Å². The number of halogens is 1. The van der Waals surface area contributed by atoms with Gasteiger partial charge in [-0.3, -0.25) is 19.3 Å². The molecule has 0 unspecified atom stereocenters. The summed E-state index contributed by atoms with van der Waals surface area (Å²) in [7, 11) is 0. The number of thiophene rings is 1. The molecule has 0 N–H and O–H groups in total. The summed E-state index contributed by atoms with van der Waals surface area (Å²) in [4.78, 5) is 37.2. The van der Waals surface area contributed by atoms with Crippen molar-refractivity contribution < 1.29 is 19.1 Å². The van der Waals surface area contributed by atoms with Crippen molar-refractivity contribution >= 4 is 62.2 Å². The van der Waals surface area contributed by atoms with Crippen LogP contribution in [0, 0.1) is 0 Å². The first-order valence-corrected chi connectivity index (χ1v) is 8.15. The van der Waals surface area contributed by atoms with E-state index >= 15 is 0 Å². The van der Waals surface area contributed by atoms with Gasteiger partial charge in [0.2, 0.25) is 0 Å². The van der Waals surface area contributed by atoms with Crippen LogP contribution in [0.4, 0.5) is 4.79 Å². The third-order valence-corrected chi connectivity index (χ3v) is 4.88. The molecule has 106 valence electrons. The Kier molecular flexibility index (Phi) is 5.00. The van der Waals surface area contributed by atoms with Gasteiger partial charge < -0.3 is 4.74 Å². The summed E-state index contributed by atoms with van der Waals surface area (Å²) in [6.45, 7) is 1.54. The average Bonchev–Trinajstić information content (AvgIpc) is 2.89. The number of imide groups is 1. The van der Waals surface area contributed by atoms with E-state index in [2.05, 4.69) is 15.9 Å². The van der Waals surface area contributed by atoms with Crippen LogP contribution in [0.5, 0.6) is 0 Å². The Labute approximate surface area is 132 Å². The van der Waals surface area contributed by atoms with E-state index in [0.29, 0.717) is 4.91 Å². The predicted molar refractivity (Wildman–Crippen MR) is 81.3 cm³/mol. The Hall–Kier alpha value is -1.12. The van der Waals surface area contributed by atoms with E-state index in [0.717, 1.165) is 26.0 Å². The van der Waals surface area contributed by atoms with Gasteiger partial charge in [-0.05, 0) is 46.8 Å².